The summed E-state index contributed by atoms with van der Waals surface area (Å²) in [6, 6.07) is 3.05. The van der Waals surface area contributed by atoms with Crippen LogP contribution >= 0.6 is 0 Å². The number of hydrogen-bond donors (Lipinski definition) is 2. The molecular weight excluding hydrogens is 444 g/mol. The van der Waals surface area contributed by atoms with E-state index in [9.17, 15) is 13.6 Å². The van der Waals surface area contributed by atoms with Crippen LogP contribution in [-0.4, -0.2) is 59.6 Å². The number of fused-ring (bicyclic) bond motifs is 1. The standard InChI is InChI=1S/C22H23F2N9O/c23-16-8-15(12-3-4-12)19(33-11-26-30-31-33)9-18(16)28-22-25-10-17(24)21(29-22)27-13-6-14-2-1-5-32(14)20(34)7-13/h8-14H,1-7H2,(H2,25,27,28,29). The summed E-state index contributed by atoms with van der Waals surface area (Å²) in [6.45, 7) is 0.796. The zero-order valence-electron chi connectivity index (χ0n) is 18.3. The van der Waals surface area contributed by atoms with Crippen molar-refractivity contribution in [2.75, 3.05) is 17.2 Å². The SMILES string of the molecule is O=C1CC(Nc2nc(Nc3cc(-n4cnnn4)c(C4CC4)cc3F)ncc2F)CC2CCCN12. The van der Waals surface area contributed by atoms with Crippen molar-refractivity contribution in [3.05, 3.63) is 41.9 Å². The lowest BCUT2D eigenvalue weighted by atomic mass is 9.97. The van der Waals surface area contributed by atoms with E-state index in [1.165, 1.54) is 17.1 Å². The number of rotatable bonds is 6. The third kappa shape index (κ3) is 3.93. The Labute approximate surface area is 193 Å². The maximum absolute atomic E-state index is 15.0. The number of anilines is 3. The van der Waals surface area contributed by atoms with Crippen molar-refractivity contribution in [1.82, 2.24) is 35.1 Å². The number of hydrogen-bond acceptors (Lipinski definition) is 8. The number of tetrazole rings is 1. The number of amides is 1. The first-order valence-electron chi connectivity index (χ1n) is 11.5. The van der Waals surface area contributed by atoms with E-state index in [0.29, 0.717) is 5.69 Å². The Morgan fingerprint density at radius 1 is 1.12 bits per heavy atom. The first-order valence-corrected chi connectivity index (χ1v) is 11.5. The third-order valence-corrected chi connectivity index (χ3v) is 6.74. The van der Waals surface area contributed by atoms with Crippen molar-refractivity contribution in [3.63, 3.8) is 0 Å². The zero-order chi connectivity index (χ0) is 23.2. The largest absolute Gasteiger partial charge is 0.364 e. The smallest absolute Gasteiger partial charge is 0.229 e. The lowest BCUT2D eigenvalue weighted by Crippen LogP contribution is -2.46. The monoisotopic (exact) mass is 467 g/mol. The fourth-order valence-electron chi connectivity index (χ4n) is 4.97. The van der Waals surface area contributed by atoms with Crippen LogP contribution in [0.3, 0.4) is 0 Å². The van der Waals surface area contributed by atoms with Crippen molar-refractivity contribution in [3.8, 4) is 5.69 Å². The summed E-state index contributed by atoms with van der Waals surface area (Å²) in [6.07, 6.45) is 7.44. The summed E-state index contributed by atoms with van der Waals surface area (Å²) >= 11 is 0. The molecule has 2 saturated heterocycles. The number of carbonyl (C=O) groups is 1. The van der Waals surface area contributed by atoms with E-state index in [1.807, 2.05) is 4.90 Å². The molecule has 1 amide bonds. The summed E-state index contributed by atoms with van der Waals surface area (Å²) in [5.41, 5.74) is 1.63. The quantitative estimate of drug-likeness (QED) is 0.569. The van der Waals surface area contributed by atoms with E-state index in [2.05, 4.69) is 36.1 Å². The summed E-state index contributed by atoms with van der Waals surface area (Å²) in [4.78, 5) is 22.5. The topological polar surface area (TPSA) is 114 Å². The zero-order valence-corrected chi connectivity index (χ0v) is 18.3. The van der Waals surface area contributed by atoms with E-state index in [1.54, 1.807) is 6.07 Å². The van der Waals surface area contributed by atoms with Gasteiger partial charge in [-0.3, -0.25) is 4.79 Å². The highest BCUT2D eigenvalue weighted by atomic mass is 19.1. The van der Waals surface area contributed by atoms with Gasteiger partial charge in [0.2, 0.25) is 11.9 Å². The van der Waals surface area contributed by atoms with E-state index in [-0.39, 0.29) is 47.8 Å². The molecule has 2 atom stereocenters. The van der Waals surface area contributed by atoms with Gasteiger partial charge in [0, 0.05) is 25.0 Å². The number of halogens is 2. The van der Waals surface area contributed by atoms with Crippen LogP contribution in [-0.2, 0) is 4.79 Å². The average molecular weight is 467 g/mol. The average Bonchev–Trinajstić information content (AvgIpc) is 3.29. The van der Waals surface area contributed by atoms with Gasteiger partial charge in [0.15, 0.2) is 11.6 Å². The predicted octanol–water partition coefficient (Wildman–Crippen LogP) is 2.92. The minimum absolute atomic E-state index is 0.0162. The Morgan fingerprint density at radius 3 is 2.79 bits per heavy atom. The molecular formula is C22H23F2N9O. The van der Waals surface area contributed by atoms with E-state index in [0.717, 1.165) is 50.4 Å². The molecule has 0 bridgehead atoms. The number of nitrogens with one attached hydrogen (secondary N) is 2. The second-order valence-corrected chi connectivity index (χ2v) is 9.10. The molecule has 12 heteroatoms. The van der Waals surface area contributed by atoms with Gasteiger partial charge < -0.3 is 15.5 Å². The van der Waals surface area contributed by atoms with Crippen LogP contribution in [0.15, 0.2) is 24.7 Å². The molecule has 34 heavy (non-hydrogen) atoms. The fraction of sp³-hybridized carbons (Fsp3) is 0.455. The maximum atomic E-state index is 15.0. The van der Waals surface area contributed by atoms with Crippen LogP contribution in [0.1, 0.15) is 50.0 Å². The number of nitrogens with zero attached hydrogens (tertiary/aromatic N) is 7. The molecule has 3 aliphatic rings. The highest BCUT2D eigenvalue weighted by molar-refractivity contribution is 5.79. The number of benzene rings is 1. The van der Waals surface area contributed by atoms with Crippen LogP contribution in [0.4, 0.5) is 26.2 Å². The first-order chi connectivity index (χ1) is 16.5. The van der Waals surface area contributed by atoms with Crippen LogP contribution in [0.25, 0.3) is 5.69 Å². The molecule has 1 aromatic carbocycles. The predicted molar refractivity (Wildman–Crippen MR) is 118 cm³/mol. The highest BCUT2D eigenvalue weighted by Gasteiger charge is 2.37. The van der Waals surface area contributed by atoms with Crippen LogP contribution < -0.4 is 10.6 Å². The molecule has 10 nitrogen and oxygen atoms in total. The van der Waals surface area contributed by atoms with Crippen LogP contribution in [0.5, 0.6) is 0 Å². The third-order valence-electron chi connectivity index (χ3n) is 6.74. The molecule has 2 aromatic heterocycles. The van der Waals surface area contributed by atoms with Crippen LogP contribution in [0, 0.1) is 11.6 Å². The van der Waals surface area contributed by atoms with Gasteiger partial charge in [-0.05, 0) is 66.1 Å². The lowest BCUT2D eigenvalue weighted by molar-refractivity contribution is -0.134. The lowest BCUT2D eigenvalue weighted by Gasteiger charge is -2.35. The second-order valence-electron chi connectivity index (χ2n) is 9.10. The van der Waals surface area contributed by atoms with Crippen LogP contribution in [0.2, 0.25) is 0 Å². The normalized spacial score (nSPS) is 22.1. The molecule has 6 rings (SSSR count). The van der Waals surface area contributed by atoms with Gasteiger partial charge >= 0.3 is 0 Å². The molecule has 0 spiro atoms. The van der Waals surface area contributed by atoms with Crippen molar-refractivity contribution in [1.29, 1.82) is 0 Å². The van der Waals surface area contributed by atoms with Crippen molar-refractivity contribution in [2.45, 2.75) is 56.5 Å². The van der Waals surface area contributed by atoms with Gasteiger partial charge in [0.05, 0.1) is 17.6 Å². The molecule has 1 aliphatic carbocycles. The first kappa shape index (κ1) is 20.9. The van der Waals surface area contributed by atoms with Crippen molar-refractivity contribution in [2.24, 2.45) is 0 Å². The van der Waals surface area contributed by atoms with Crippen molar-refractivity contribution < 1.29 is 13.6 Å². The van der Waals surface area contributed by atoms with Gasteiger partial charge in [-0.1, -0.05) is 0 Å². The maximum Gasteiger partial charge on any atom is 0.229 e. The summed E-state index contributed by atoms with van der Waals surface area (Å²) in [5.74, 6) is -0.737. The Kier molecular flexibility index (Phi) is 5.07. The Bertz CT molecular complexity index is 1230. The molecule has 2 aliphatic heterocycles. The van der Waals surface area contributed by atoms with Gasteiger partial charge in [-0.15, -0.1) is 5.10 Å². The molecule has 4 heterocycles. The number of piperidine rings is 1. The van der Waals surface area contributed by atoms with Gasteiger partial charge in [0.25, 0.3) is 0 Å². The minimum atomic E-state index is -0.634. The molecule has 3 aromatic rings. The van der Waals surface area contributed by atoms with E-state index < -0.39 is 11.6 Å². The van der Waals surface area contributed by atoms with E-state index >= 15 is 0 Å². The molecule has 2 N–H and O–H groups in total. The Morgan fingerprint density at radius 2 is 2.00 bits per heavy atom. The molecule has 3 fully saturated rings. The van der Waals surface area contributed by atoms with Gasteiger partial charge in [0.1, 0.15) is 12.1 Å². The summed E-state index contributed by atoms with van der Waals surface area (Å²) < 4.78 is 30.9. The molecule has 1 saturated carbocycles. The van der Waals surface area contributed by atoms with E-state index in [4.69, 9.17) is 0 Å². The molecule has 2 unspecified atom stereocenters. The second kappa shape index (κ2) is 8.26. The molecule has 176 valence electrons. The van der Waals surface area contributed by atoms with Crippen molar-refractivity contribution >= 4 is 23.4 Å². The summed E-state index contributed by atoms with van der Waals surface area (Å²) in [5, 5.41) is 17.2. The number of aromatic nitrogens is 6. The number of carbonyl (C=O) groups excluding carboxylic acids is 1. The minimum Gasteiger partial charge on any atom is -0.364 e. The summed E-state index contributed by atoms with van der Waals surface area (Å²) in [7, 11) is 0. The molecule has 0 radical (unpaired) electrons. The Balaban J connectivity index is 1.25. The van der Waals surface area contributed by atoms with Gasteiger partial charge in [-0.2, -0.15) is 4.98 Å². The highest BCUT2D eigenvalue weighted by Crippen LogP contribution is 2.44. The Hall–Kier alpha value is -3.70. The van der Waals surface area contributed by atoms with Gasteiger partial charge in [-0.25, -0.2) is 18.4 Å². The fourth-order valence-corrected chi connectivity index (χ4v) is 4.97.